The summed E-state index contributed by atoms with van der Waals surface area (Å²) in [6.45, 7) is 4.76. The summed E-state index contributed by atoms with van der Waals surface area (Å²) in [6, 6.07) is -0.880. The Kier molecular flexibility index (Phi) is 36.6. The number of rotatable bonds is 36. The number of carbonyl (C=O) groups excluding carboxylic acids is 2. The van der Waals surface area contributed by atoms with E-state index in [1.54, 1.807) is 0 Å². The van der Waals surface area contributed by atoms with Crippen LogP contribution in [0.3, 0.4) is 0 Å². The lowest BCUT2D eigenvalue weighted by Crippen LogP contribution is -2.40. The number of nitrogens with two attached hydrogens (primary N) is 1. The highest BCUT2D eigenvalue weighted by Crippen LogP contribution is 2.15. The van der Waals surface area contributed by atoms with Crippen LogP contribution in [0.4, 0.5) is 0 Å². The number of unbranched alkanes of at least 4 members (excludes halogenated alkanes) is 12. The first kappa shape index (κ1) is 48.8. The number of esters is 1. The molecule has 0 aliphatic rings. The van der Waals surface area contributed by atoms with E-state index in [1.165, 1.54) is 44.9 Å². The molecule has 2 unspecified atom stereocenters. The van der Waals surface area contributed by atoms with E-state index in [-0.39, 0.29) is 18.0 Å². The molecule has 52 heavy (non-hydrogen) atoms. The van der Waals surface area contributed by atoms with Crippen molar-refractivity contribution in [1.29, 1.82) is 0 Å². The molecule has 0 aromatic carbocycles. The summed E-state index contributed by atoms with van der Waals surface area (Å²) >= 11 is 0. The Labute approximate surface area is 318 Å². The van der Waals surface area contributed by atoms with Crippen LogP contribution in [-0.4, -0.2) is 41.6 Å². The molecular weight excluding hydrogens is 649 g/mol. The summed E-state index contributed by atoms with van der Waals surface area (Å²) in [7, 11) is 0. The van der Waals surface area contributed by atoms with Crippen LogP contribution in [0.15, 0.2) is 72.9 Å². The van der Waals surface area contributed by atoms with Gasteiger partial charge >= 0.3 is 11.9 Å². The first-order valence-corrected chi connectivity index (χ1v) is 20.8. The third kappa shape index (κ3) is 35.2. The third-order valence-electron chi connectivity index (χ3n) is 8.74. The molecule has 0 heterocycles. The average molecular weight is 725 g/mol. The van der Waals surface area contributed by atoms with Crippen LogP contribution in [0.5, 0.6) is 0 Å². The van der Waals surface area contributed by atoms with Gasteiger partial charge < -0.3 is 20.9 Å². The van der Waals surface area contributed by atoms with Crippen molar-refractivity contribution in [2.75, 3.05) is 6.54 Å². The van der Waals surface area contributed by atoms with Gasteiger partial charge in [0.05, 0.1) is 0 Å². The van der Waals surface area contributed by atoms with Crippen LogP contribution in [-0.2, 0) is 19.1 Å². The molecule has 0 aliphatic heterocycles. The Bertz CT molecular complexity index is 1040. The Morgan fingerprint density at radius 3 is 1.71 bits per heavy atom. The first-order chi connectivity index (χ1) is 25.4. The average Bonchev–Trinajstić information content (AvgIpc) is 3.13. The predicted molar refractivity (Wildman–Crippen MR) is 220 cm³/mol. The molecule has 4 N–H and O–H groups in total. The molecule has 0 saturated carbocycles. The van der Waals surface area contributed by atoms with Gasteiger partial charge in [-0.15, -0.1) is 0 Å². The van der Waals surface area contributed by atoms with Crippen molar-refractivity contribution in [3.8, 4) is 0 Å². The second-order valence-corrected chi connectivity index (χ2v) is 13.7. The lowest BCUT2D eigenvalue weighted by molar-refractivity contribution is -0.147. The molecule has 7 nitrogen and oxygen atoms in total. The number of carboxylic acid groups (broad SMARTS) is 1. The molecule has 2 atom stereocenters. The summed E-state index contributed by atoms with van der Waals surface area (Å²) in [5.41, 5.74) is 5.47. The van der Waals surface area contributed by atoms with E-state index in [0.717, 1.165) is 83.5 Å². The molecule has 0 bridgehead atoms. The minimum absolute atomic E-state index is 0.128. The van der Waals surface area contributed by atoms with E-state index >= 15 is 0 Å². The van der Waals surface area contributed by atoms with Gasteiger partial charge in [-0.2, -0.15) is 0 Å². The van der Waals surface area contributed by atoms with E-state index < -0.39 is 12.0 Å². The van der Waals surface area contributed by atoms with Crippen molar-refractivity contribution in [2.45, 2.75) is 187 Å². The highest BCUT2D eigenvalue weighted by atomic mass is 16.5. The zero-order chi connectivity index (χ0) is 38.2. The lowest BCUT2D eigenvalue weighted by atomic mass is 10.1. The number of carboxylic acids is 1. The molecular formula is C45H76N2O5. The molecule has 0 aromatic rings. The smallest absolute Gasteiger partial charge is 0.326 e. The molecule has 0 spiro atoms. The minimum atomic E-state index is -1.02. The fourth-order valence-corrected chi connectivity index (χ4v) is 5.62. The van der Waals surface area contributed by atoms with Crippen molar-refractivity contribution in [1.82, 2.24) is 5.32 Å². The number of allylic oxidation sites excluding steroid dienone is 11. The summed E-state index contributed by atoms with van der Waals surface area (Å²) in [5.74, 6) is -1.39. The summed E-state index contributed by atoms with van der Waals surface area (Å²) in [6.07, 6.45) is 49.6. The van der Waals surface area contributed by atoms with Gasteiger partial charge in [-0.05, 0) is 109 Å². The van der Waals surface area contributed by atoms with Gasteiger partial charge in [0.15, 0.2) is 0 Å². The maximum atomic E-state index is 12.7. The first-order valence-electron chi connectivity index (χ1n) is 20.8. The van der Waals surface area contributed by atoms with Gasteiger partial charge in [-0.1, -0.05) is 132 Å². The summed E-state index contributed by atoms with van der Waals surface area (Å²) in [4.78, 5) is 36.3. The zero-order valence-corrected chi connectivity index (χ0v) is 33.1. The maximum absolute atomic E-state index is 12.7. The number of aliphatic carboxylic acids is 1. The van der Waals surface area contributed by atoms with Crippen LogP contribution in [0.2, 0.25) is 0 Å². The lowest BCUT2D eigenvalue weighted by Gasteiger charge is -2.15. The van der Waals surface area contributed by atoms with Crippen molar-refractivity contribution in [3.63, 3.8) is 0 Å². The van der Waals surface area contributed by atoms with Gasteiger partial charge in [0.2, 0.25) is 5.91 Å². The minimum Gasteiger partial charge on any atom is -0.480 e. The van der Waals surface area contributed by atoms with Crippen LogP contribution >= 0.6 is 0 Å². The van der Waals surface area contributed by atoms with Gasteiger partial charge in [-0.25, -0.2) is 4.79 Å². The molecule has 0 aliphatic carbocycles. The number of ether oxygens (including phenoxy) is 1. The Morgan fingerprint density at radius 2 is 1.12 bits per heavy atom. The van der Waals surface area contributed by atoms with Crippen molar-refractivity contribution < 1.29 is 24.2 Å². The standard InChI is InChI=1S/C45H76N2O5/c1-3-5-7-9-11-13-14-15-16-17-18-19-20-21-22-23-25-27-33-39-44(49)52-41(35-30-26-24-12-10-8-6-4-2)36-31-28-29-32-38-43(48)47-42(45(50)51)37-34-40-46/h6,8,11-13,15-16,18-19,24,30,35,41-42H,3-5,7,9-10,14,17,20-23,25-29,31-34,36-40,46H2,1-2H3,(H,47,48)(H,50,51)/b8-6-,13-11-,16-15-,19-18-,24-12-,35-30-. The number of hydrogen-bond donors (Lipinski definition) is 3. The second-order valence-electron chi connectivity index (χ2n) is 13.7. The van der Waals surface area contributed by atoms with E-state index in [2.05, 4.69) is 86.0 Å². The molecule has 7 heteroatoms. The van der Waals surface area contributed by atoms with Crippen molar-refractivity contribution in [2.24, 2.45) is 5.73 Å². The maximum Gasteiger partial charge on any atom is 0.326 e. The largest absolute Gasteiger partial charge is 0.480 e. The molecule has 296 valence electrons. The molecule has 0 saturated heterocycles. The third-order valence-corrected chi connectivity index (χ3v) is 8.74. The van der Waals surface area contributed by atoms with Crippen LogP contribution in [0.1, 0.15) is 174 Å². The van der Waals surface area contributed by atoms with E-state index in [9.17, 15) is 19.5 Å². The van der Waals surface area contributed by atoms with Crippen LogP contribution in [0, 0.1) is 0 Å². The molecule has 0 aromatic heterocycles. The van der Waals surface area contributed by atoms with Gasteiger partial charge in [0.1, 0.15) is 12.1 Å². The molecule has 0 rings (SSSR count). The Hall–Kier alpha value is -3.19. The van der Waals surface area contributed by atoms with Gasteiger partial charge in [-0.3, -0.25) is 9.59 Å². The van der Waals surface area contributed by atoms with Crippen molar-refractivity contribution in [3.05, 3.63) is 72.9 Å². The zero-order valence-electron chi connectivity index (χ0n) is 33.1. The van der Waals surface area contributed by atoms with E-state index in [0.29, 0.717) is 38.6 Å². The monoisotopic (exact) mass is 725 g/mol. The SMILES string of the molecule is CC/C=C\C/C=C\C/C=C\C(CCCCCCC(=O)NC(CCCN)C(=O)O)OC(=O)CCCCCCCC/C=C\C/C=C\C/C=C\CCCCC. The summed E-state index contributed by atoms with van der Waals surface area (Å²) < 4.78 is 5.89. The highest BCUT2D eigenvalue weighted by molar-refractivity contribution is 5.83. The Morgan fingerprint density at radius 1 is 0.596 bits per heavy atom. The second kappa shape index (κ2) is 39.0. The number of carbonyl (C=O) groups is 3. The number of amides is 1. The molecule has 0 radical (unpaired) electrons. The Balaban J connectivity index is 4.32. The van der Waals surface area contributed by atoms with Crippen LogP contribution in [0.25, 0.3) is 0 Å². The molecule has 1 amide bonds. The topological polar surface area (TPSA) is 119 Å². The fraction of sp³-hybridized carbons (Fsp3) is 0.667. The molecule has 0 fully saturated rings. The van der Waals surface area contributed by atoms with Crippen LogP contribution < -0.4 is 11.1 Å². The number of hydrogen-bond acceptors (Lipinski definition) is 5. The normalized spacial score (nSPS) is 13.4. The fourth-order valence-electron chi connectivity index (χ4n) is 5.62. The highest BCUT2D eigenvalue weighted by Gasteiger charge is 2.19. The van der Waals surface area contributed by atoms with Crippen molar-refractivity contribution >= 4 is 17.8 Å². The summed E-state index contributed by atoms with van der Waals surface area (Å²) in [5, 5.41) is 11.9. The van der Waals surface area contributed by atoms with Gasteiger partial charge in [0, 0.05) is 12.8 Å². The predicted octanol–water partition coefficient (Wildman–Crippen LogP) is 11.6. The number of nitrogens with one attached hydrogen (secondary N) is 1. The van der Waals surface area contributed by atoms with E-state index in [4.69, 9.17) is 10.5 Å². The van der Waals surface area contributed by atoms with Gasteiger partial charge in [0.25, 0.3) is 0 Å². The quantitative estimate of drug-likeness (QED) is 0.0336. The van der Waals surface area contributed by atoms with E-state index in [1.807, 2.05) is 6.08 Å².